The molecule has 0 radical (unpaired) electrons. The van der Waals surface area contributed by atoms with Crippen molar-refractivity contribution in [2.45, 2.75) is 51.3 Å². The van der Waals surface area contributed by atoms with Crippen molar-refractivity contribution in [2.75, 3.05) is 0 Å². The first-order valence-electron chi connectivity index (χ1n) is 6.23. The molecule has 0 saturated heterocycles. The Labute approximate surface area is 97.7 Å². The molecule has 0 heterocycles. The Kier molecular flexibility index (Phi) is 3.97. The maximum Gasteiger partial charge on any atom is 0.0693 e. The molecule has 1 aromatic rings. The maximum atomic E-state index is 9.85. The minimum atomic E-state index is -0.155. The van der Waals surface area contributed by atoms with Gasteiger partial charge in [0.15, 0.2) is 0 Å². The van der Waals surface area contributed by atoms with E-state index in [4.69, 9.17) is 0 Å². The lowest BCUT2D eigenvalue weighted by atomic mass is 9.92. The summed E-state index contributed by atoms with van der Waals surface area (Å²) in [5, 5.41) is 13.3. The predicted molar refractivity (Wildman–Crippen MR) is 66.3 cm³/mol. The van der Waals surface area contributed by atoms with Crippen LogP contribution < -0.4 is 5.32 Å². The molecule has 1 aliphatic carbocycles. The summed E-state index contributed by atoms with van der Waals surface area (Å²) in [6, 6.07) is 8.70. The predicted octanol–water partition coefficient (Wildman–Crippen LogP) is 2.39. The molecule has 2 heteroatoms. The molecule has 88 valence electrons. The van der Waals surface area contributed by atoms with Gasteiger partial charge in [0, 0.05) is 12.6 Å². The highest BCUT2D eigenvalue weighted by atomic mass is 16.3. The number of aliphatic hydroxyl groups is 1. The molecule has 0 aliphatic heterocycles. The quantitative estimate of drug-likeness (QED) is 0.818. The number of hydrogen-bond acceptors (Lipinski definition) is 2. The van der Waals surface area contributed by atoms with Crippen molar-refractivity contribution in [1.82, 2.24) is 5.32 Å². The summed E-state index contributed by atoms with van der Waals surface area (Å²) < 4.78 is 0. The maximum absolute atomic E-state index is 9.85. The number of aliphatic hydroxyl groups excluding tert-OH is 1. The molecule has 0 bridgehead atoms. The van der Waals surface area contributed by atoms with Crippen molar-refractivity contribution in [2.24, 2.45) is 0 Å². The lowest BCUT2D eigenvalue weighted by Crippen LogP contribution is -2.41. The summed E-state index contributed by atoms with van der Waals surface area (Å²) in [6.07, 6.45) is 4.31. The van der Waals surface area contributed by atoms with E-state index < -0.39 is 0 Å². The van der Waals surface area contributed by atoms with Gasteiger partial charge in [-0.2, -0.15) is 0 Å². The zero-order valence-corrected chi connectivity index (χ0v) is 9.95. The highest BCUT2D eigenvalue weighted by Gasteiger charge is 2.22. The van der Waals surface area contributed by atoms with E-state index in [-0.39, 0.29) is 12.1 Å². The molecule has 1 aliphatic rings. The molecule has 0 aromatic heterocycles. The summed E-state index contributed by atoms with van der Waals surface area (Å²) in [6.45, 7) is 3.00. The lowest BCUT2D eigenvalue weighted by molar-refractivity contribution is 0.0902. The SMILES string of the molecule is Cc1ccccc1CN[C@H]1CCCC[C@@H]1O. The third-order valence-electron chi connectivity index (χ3n) is 3.55. The average Bonchev–Trinajstić information content (AvgIpc) is 2.30. The highest BCUT2D eigenvalue weighted by molar-refractivity contribution is 5.25. The molecule has 0 amide bonds. The third-order valence-corrected chi connectivity index (χ3v) is 3.55. The molecule has 1 saturated carbocycles. The molecule has 1 fully saturated rings. The topological polar surface area (TPSA) is 32.3 Å². The van der Waals surface area contributed by atoms with E-state index in [0.29, 0.717) is 0 Å². The normalized spacial score (nSPS) is 25.6. The van der Waals surface area contributed by atoms with Gasteiger partial charge in [-0.3, -0.25) is 0 Å². The Hall–Kier alpha value is -0.860. The molecular weight excluding hydrogens is 198 g/mol. The molecule has 2 rings (SSSR count). The second-order valence-electron chi connectivity index (χ2n) is 4.77. The van der Waals surface area contributed by atoms with Crippen molar-refractivity contribution in [3.8, 4) is 0 Å². The number of rotatable bonds is 3. The number of hydrogen-bond donors (Lipinski definition) is 2. The monoisotopic (exact) mass is 219 g/mol. The van der Waals surface area contributed by atoms with Gasteiger partial charge in [0.25, 0.3) is 0 Å². The number of nitrogens with one attached hydrogen (secondary N) is 1. The van der Waals surface area contributed by atoms with Crippen molar-refractivity contribution in [3.05, 3.63) is 35.4 Å². The van der Waals surface area contributed by atoms with Crippen molar-refractivity contribution in [3.63, 3.8) is 0 Å². The fraction of sp³-hybridized carbons (Fsp3) is 0.571. The fourth-order valence-corrected chi connectivity index (χ4v) is 2.40. The van der Waals surface area contributed by atoms with Crippen LogP contribution >= 0.6 is 0 Å². The first kappa shape index (κ1) is 11.6. The molecule has 16 heavy (non-hydrogen) atoms. The van der Waals surface area contributed by atoms with Crippen LogP contribution in [0.25, 0.3) is 0 Å². The summed E-state index contributed by atoms with van der Waals surface area (Å²) in [4.78, 5) is 0. The standard InChI is InChI=1S/C14H21NO/c1-11-6-2-3-7-12(11)10-15-13-8-4-5-9-14(13)16/h2-3,6-7,13-16H,4-5,8-10H2,1H3/t13-,14-/m0/s1. The van der Waals surface area contributed by atoms with E-state index >= 15 is 0 Å². The van der Waals surface area contributed by atoms with Crippen molar-refractivity contribution >= 4 is 0 Å². The minimum Gasteiger partial charge on any atom is -0.392 e. The summed E-state index contributed by atoms with van der Waals surface area (Å²) >= 11 is 0. The Balaban J connectivity index is 1.89. The molecular formula is C14H21NO. The van der Waals surface area contributed by atoms with E-state index in [1.807, 2.05) is 0 Å². The largest absolute Gasteiger partial charge is 0.392 e. The van der Waals surface area contributed by atoms with Gasteiger partial charge in [0.05, 0.1) is 6.10 Å². The second-order valence-corrected chi connectivity index (χ2v) is 4.77. The van der Waals surface area contributed by atoms with Crippen LogP contribution in [0.3, 0.4) is 0 Å². The van der Waals surface area contributed by atoms with E-state index in [9.17, 15) is 5.11 Å². The number of benzene rings is 1. The Morgan fingerprint density at radius 2 is 2.00 bits per heavy atom. The Morgan fingerprint density at radius 1 is 1.25 bits per heavy atom. The van der Waals surface area contributed by atoms with Crippen LogP contribution in [0.1, 0.15) is 36.8 Å². The van der Waals surface area contributed by atoms with Crippen LogP contribution in [-0.4, -0.2) is 17.3 Å². The van der Waals surface area contributed by atoms with Crippen LogP contribution in [-0.2, 0) is 6.54 Å². The van der Waals surface area contributed by atoms with Gasteiger partial charge in [0.1, 0.15) is 0 Å². The van der Waals surface area contributed by atoms with Crippen LogP contribution in [0.2, 0.25) is 0 Å². The van der Waals surface area contributed by atoms with Gasteiger partial charge in [-0.05, 0) is 30.9 Å². The van der Waals surface area contributed by atoms with Gasteiger partial charge in [0.2, 0.25) is 0 Å². The summed E-state index contributed by atoms with van der Waals surface area (Å²) in [7, 11) is 0. The first-order chi connectivity index (χ1) is 7.77. The van der Waals surface area contributed by atoms with Gasteiger partial charge < -0.3 is 10.4 Å². The Bertz CT molecular complexity index is 337. The van der Waals surface area contributed by atoms with Crippen molar-refractivity contribution < 1.29 is 5.11 Å². The minimum absolute atomic E-state index is 0.155. The molecule has 2 N–H and O–H groups in total. The highest BCUT2D eigenvalue weighted by Crippen LogP contribution is 2.19. The zero-order chi connectivity index (χ0) is 11.4. The average molecular weight is 219 g/mol. The molecule has 0 spiro atoms. The van der Waals surface area contributed by atoms with E-state index in [1.54, 1.807) is 0 Å². The van der Waals surface area contributed by atoms with E-state index in [0.717, 1.165) is 19.4 Å². The van der Waals surface area contributed by atoms with Crippen LogP contribution in [0, 0.1) is 6.92 Å². The van der Waals surface area contributed by atoms with E-state index in [1.165, 1.54) is 24.0 Å². The molecule has 1 aromatic carbocycles. The van der Waals surface area contributed by atoms with E-state index in [2.05, 4.69) is 36.5 Å². The summed E-state index contributed by atoms with van der Waals surface area (Å²) in [5.41, 5.74) is 2.65. The zero-order valence-electron chi connectivity index (χ0n) is 9.95. The first-order valence-corrected chi connectivity index (χ1v) is 6.23. The lowest BCUT2D eigenvalue weighted by Gasteiger charge is -2.28. The molecule has 2 atom stereocenters. The van der Waals surface area contributed by atoms with Crippen LogP contribution in [0.4, 0.5) is 0 Å². The smallest absolute Gasteiger partial charge is 0.0693 e. The molecule has 0 unspecified atom stereocenters. The molecule has 2 nitrogen and oxygen atoms in total. The van der Waals surface area contributed by atoms with Gasteiger partial charge >= 0.3 is 0 Å². The number of aryl methyl sites for hydroxylation is 1. The van der Waals surface area contributed by atoms with Crippen LogP contribution in [0.15, 0.2) is 24.3 Å². The Morgan fingerprint density at radius 3 is 2.75 bits per heavy atom. The van der Waals surface area contributed by atoms with Gasteiger partial charge in [-0.25, -0.2) is 0 Å². The second kappa shape index (κ2) is 5.46. The summed E-state index contributed by atoms with van der Waals surface area (Å²) in [5.74, 6) is 0. The fourth-order valence-electron chi connectivity index (χ4n) is 2.40. The van der Waals surface area contributed by atoms with Gasteiger partial charge in [-0.15, -0.1) is 0 Å². The van der Waals surface area contributed by atoms with Crippen LogP contribution in [0.5, 0.6) is 0 Å². The third kappa shape index (κ3) is 2.83. The van der Waals surface area contributed by atoms with Crippen molar-refractivity contribution in [1.29, 1.82) is 0 Å². The van der Waals surface area contributed by atoms with Gasteiger partial charge in [-0.1, -0.05) is 37.1 Å².